The molecule has 0 unspecified atom stereocenters. The van der Waals surface area contributed by atoms with Gasteiger partial charge in [0.05, 0.1) is 0 Å². The van der Waals surface area contributed by atoms with Crippen LogP contribution in [0.25, 0.3) is 0 Å². The van der Waals surface area contributed by atoms with Gasteiger partial charge < -0.3 is 0 Å². The average Bonchev–Trinajstić information content (AvgIpc) is 2.03. The first kappa shape index (κ1) is 12.9. The molecule has 0 bridgehead atoms. The predicted octanol–water partition coefficient (Wildman–Crippen LogP) is 3.82. The second-order valence-electron chi connectivity index (χ2n) is 3.78. The molecule has 0 aliphatic rings. The summed E-state index contributed by atoms with van der Waals surface area (Å²) in [4.78, 5) is 11.6. The molecule has 14 heavy (non-hydrogen) atoms. The number of carbonyl (C=O) groups is 1. The van der Waals surface area contributed by atoms with E-state index in [1.54, 1.807) is 0 Å². The Morgan fingerprint density at radius 3 is 2.14 bits per heavy atom. The Bertz CT molecular complexity index is 276. The van der Waals surface area contributed by atoms with Gasteiger partial charge in [0, 0.05) is 12.0 Å². The van der Waals surface area contributed by atoms with Crippen LogP contribution < -0.4 is 0 Å². The first-order valence-corrected chi connectivity index (χ1v) is 5.03. The van der Waals surface area contributed by atoms with E-state index >= 15 is 0 Å². The van der Waals surface area contributed by atoms with Gasteiger partial charge in [-0.3, -0.25) is 4.79 Å². The number of carbonyl (C=O) groups excluding carboxylic acids is 1. The number of allylic oxidation sites excluding steroid dienone is 5. The molecule has 0 fully saturated rings. The number of ketones is 1. The van der Waals surface area contributed by atoms with E-state index in [0.29, 0.717) is 6.42 Å². The Hall–Kier alpha value is -1.11. The summed E-state index contributed by atoms with van der Waals surface area (Å²) in [6, 6.07) is 0. The number of hydrogen-bond acceptors (Lipinski definition) is 1. The van der Waals surface area contributed by atoms with Gasteiger partial charge in [-0.1, -0.05) is 31.2 Å². The van der Waals surface area contributed by atoms with Gasteiger partial charge in [0.2, 0.25) is 0 Å². The lowest BCUT2D eigenvalue weighted by atomic mass is 10.0. The molecule has 1 heteroatoms. The van der Waals surface area contributed by atoms with Gasteiger partial charge in [-0.05, 0) is 32.8 Å². The molecule has 0 amide bonds. The van der Waals surface area contributed by atoms with Crippen molar-refractivity contribution in [2.45, 2.75) is 40.5 Å². The third-order valence-corrected chi connectivity index (χ3v) is 1.82. The minimum atomic E-state index is 0.192. The van der Waals surface area contributed by atoms with Crippen LogP contribution in [0.4, 0.5) is 0 Å². The third-order valence-electron chi connectivity index (χ3n) is 1.82. The first-order valence-electron chi connectivity index (χ1n) is 5.03. The van der Waals surface area contributed by atoms with Crippen LogP contribution in [0.1, 0.15) is 40.5 Å². The van der Waals surface area contributed by atoms with Crippen molar-refractivity contribution in [3.05, 3.63) is 35.5 Å². The molecule has 0 saturated carbocycles. The molecular weight excluding hydrogens is 172 g/mol. The van der Waals surface area contributed by atoms with Gasteiger partial charge in [-0.25, -0.2) is 0 Å². The van der Waals surface area contributed by atoms with Gasteiger partial charge in [0.25, 0.3) is 0 Å². The molecule has 0 aliphatic heterocycles. The van der Waals surface area contributed by atoms with Crippen LogP contribution in [-0.4, -0.2) is 5.78 Å². The van der Waals surface area contributed by atoms with Crippen molar-refractivity contribution >= 4 is 5.78 Å². The lowest BCUT2D eigenvalue weighted by Gasteiger charge is -2.03. The summed E-state index contributed by atoms with van der Waals surface area (Å²) >= 11 is 0. The van der Waals surface area contributed by atoms with Crippen LogP contribution in [0.3, 0.4) is 0 Å². The highest BCUT2D eigenvalue weighted by molar-refractivity contribution is 5.99. The molecule has 0 aromatic heterocycles. The van der Waals surface area contributed by atoms with Crippen molar-refractivity contribution in [2.75, 3.05) is 0 Å². The van der Waals surface area contributed by atoms with E-state index < -0.39 is 0 Å². The number of hydrogen-bond donors (Lipinski definition) is 0. The fraction of sp³-hybridized carbons (Fsp3) is 0.462. The van der Waals surface area contributed by atoms with Crippen LogP contribution in [0.2, 0.25) is 0 Å². The monoisotopic (exact) mass is 192 g/mol. The highest BCUT2D eigenvalue weighted by atomic mass is 16.1. The number of Topliss-reactive ketones (excluding diaryl/α,β-unsaturated/α-hetero) is 1. The molecule has 0 radical (unpaired) electrons. The predicted molar refractivity (Wildman–Crippen MR) is 62.2 cm³/mol. The van der Waals surface area contributed by atoms with Gasteiger partial charge in [-0.2, -0.15) is 0 Å². The summed E-state index contributed by atoms with van der Waals surface area (Å²) < 4.78 is 0. The Morgan fingerprint density at radius 1 is 1.21 bits per heavy atom. The van der Waals surface area contributed by atoms with Gasteiger partial charge in [0.15, 0.2) is 5.78 Å². The molecule has 0 spiro atoms. The van der Waals surface area contributed by atoms with Crippen molar-refractivity contribution in [3.8, 4) is 0 Å². The lowest BCUT2D eigenvalue weighted by Crippen LogP contribution is -2.02. The summed E-state index contributed by atoms with van der Waals surface area (Å²) in [6.45, 7) is 11.7. The van der Waals surface area contributed by atoms with E-state index in [-0.39, 0.29) is 5.78 Å². The Balaban J connectivity index is 4.77. The van der Waals surface area contributed by atoms with Crippen LogP contribution in [-0.2, 0) is 4.79 Å². The normalized spacial score (nSPS) is 11.0. The summed E-state index contributed by atoms with van der Waals surface area (Å²) in [5.41, 5.74) is 2.79. The van der Waals surface area contributed by atoms with Crippen molar-refractivity contribution in [1.29, 1.82) is 0 Å². The molecule has 0 aromatic carbocycles. The van der Waals surface area contributed by atoms with Crippen molar-refractivity contribution in [2.24, 2.45) is 0 Å². The molecule has 0 N–H and O–H groups in total. The topological polar surface area (TPSA) is 17.1 Å². The zero-order chi connectivity index (χ0) is 11.1. The standard InChI is InChI=1S/C13H20O/c1-6-7-13(14)12(11(4)5)9-8-10(2)3/h8-9H,4,6-7H2,1-3,5H3/b12-9+. The molecule has 0 aliphatic carbocycles. The zero-order valence-corrected chi connectivity index (χ0v) is 9.68. The smallest absolute Gasteiger partial charge is 0.163 e. The summed E-state index contributed by atoms with van der Waals surface area (Å²) in [5, 5.41) is 0. The highest BCUT2D eigenvalue weighted by Gasteiger charge is 2.07. The molecule has 0 saturated heterocycles. The van der Waals surface area contributed by atoms with Crippen molar-refractivity contribution in [1.82, 2.24) is 0 Å². The zero-order valence-electron chi connectivity index (χ0n) is 9.68. The van der Waals surface area contributed by atoms with Crippen molar-refractivity contribution in [3.63, 3.8) is 0 Å². The Morgan fingerprint density at radius 2 is 1.79 bits per heavy atom. The Labute approximate surface area is 87.2 Å². The van der Waals surface area contributed by atoms with Crippen LogP contribution >= 0.6 is 0 Å². The average molecular weight is 192 g/mol. The highest BCUT2D eigenvalue weighted by Crippen LogP contribution is 2.12. The Kier molecular flexibility index (Phi) is 5.86. The first-order chi connectivity index (χ1) is 6.49. The fourth-order valence-corrected chi connectivity index (χ4v) is 1.08. The third kappa shape index (κ3) is 4.80. The summed E-state index contributed by atoms with van der Waals surface area (Å²) in [7, 11) is 0. The second kappa shape index (κ2) is 6.36. The van der Waals surface area contributed by atoms with Crippen LogP contribution in [0, 0.1) is 0 Å². The lowest BCUT2D eigenvalue weighted by molar-refractivity contribution is -0.115. The molecule has 78 valence electrons. The maximum Gasteiger partial charge on any atom is 0.163 e. The van der Waals surface area contributed by atoms with E-state index in [4.69, 9.17) is 0 Å². The van der Waals surface area contributed by atoms with Gasteiger partial charge in [0.1, 0.15) is 0 Å². The van der Waals surface area contributed by atoms with Crippen LogP contribution in [0.15, 0.2) is 35.5 Å². The molecule has 0 aromatic rings. The minimum absolute atomic E-state index is 0.192. The van der Waals surface area contributed by atoms with Gasteiger partial charge in [-0.15, -0.1) is 0 Å². The molecule has 1 nitrogen and oxygen atoms in total. The summed E-state index contributed by atoms with van der Waals surface area (Å²) in [5.74, 6) is 0.192. The SMILES string of the molecule is C=C(C)/C(=C\C=C(C)C)C(=O)CCC. The minimum Gasteiger partial charge on any atom is -0.294 e. The van der Waals surface area contributed by atoms with E-state index in [0.717, 1.165) is 17.6 Å². The second-order valence-corrected chi connectivity index (χ2v) is 3.78. The molecule has 0 atom stereocenters. The van der Waals surface area contributed by atoms with E-state index in [1.165, 1.54) is 5.57 Å². The molecule has 0 heterocycles. The number of rotatable bonds is 5. The van der Waals surface area contributed by atoms with E-state index in [2.05, 4.69) is 6.58 Å². The van der Waals surface area contributed by atoms with E-state index in [9.17, 15) is 4.79 Å². The van der Waals surface area contributed by atoms with Crippen molar-refractivity contribution < 1.29 is 4.79 Å². The fourth-order valence-electron chi connectivity index (χ4n) is 1.08. The van der Waals surface area contributed by atoms with E-state index in [1.807, 2.05) is 39.8 Å². The summed E-state index contributed by atoms with van der Waals surface area (Å²) in [6.07, 6.45) is 5.32. The molecular formula is C13H20O. The largest absolute Gasteiger partial charge is 0.294 e. The van der Waals surface area contributed by atoms with Crippen LogP contribution in [0.5, 0.6) is 0 Å². The molecule has 0 rings (SSSR count). The quantitative estimate of drug-likeness (QED) is 0.478. The maximum absolute atomic E-state index is 11.6. The van der Waals surface area contributed by atoms with Gasteiger partial charge >= 0.3 is 0 Å². The maximum atomic E-state index is 11.6.